The van der Waals surface area contributed by atoms with Gasteiger partial charge in [-0.25, -0.2) is 4.39 Å². The minimum Gasteiger partial charge on any atom is -0.317 e. The molecule has 0 saturated carbocycles. The topological polar surface area (TPSA) is 29.1 Å². The smallest absolute Gasteiger partial charge is 0.166 e. The molecule has 0 radical (unpaired) electrons. The Kier molecular flexibility index (Phi) is 4.90. The number of piperidine rings is 1. The Morgan fingerprint density at radius 1 is 1.19 bits per heavy atom. The standard InChI is InChI=1S/C12H14FNO.ClH/c13-11-3-1-9(2-4-11)12(15)10-5-7-14-8-6-10;/h1-4,10,14H,5-8H2;1H. The first kappa shape index (κ1) is 13.1. The van der Waals surface area contributed by atoms with Crippen LogP contribution in [0.3, 0.4) is 0 Å². The van der Waals surface area contributed by atoms with Crippen LogP contribution in [0, 0.1) is 11.7 Å². The maximum absolute atomic E-state index is 12.7. The van der Waals surface area contributed by atoms with Gasteiger partial charge in [0.05, 0.1) is 0 Å². The van der Waals surface area contributed by atoms with Crippen LogP contribution in [0.4, 0.5) is 4.39 Å². The van der Waals surface area contributed by atoms with Crippen molar-refractivity contribution in [2.45, 2.75) is 12.8 Å². The second-order valence-corrected chi connectivity index (χ2v) is 3.90. The molecular weight excluding hydrogens is 229 g/mol. The van der Waals surface area contributed by atoms with Crippen molar-refractivity contribution in [2.24, 2.45) is 5.92 Å². The number of nitrogens with one attached hydrogen (secondary N) is 1. The van der Waals surface area contributed by atoms with Gasteiger partial charge in [0.15, 0.2) is 5.78 Å². The van der Waals surface area contributed by atoms with Gasteiger partial charge in [0.1, 0.15) is 5.82 Å². The lowest BCUT2D eigenvalue weighted by Gasteiger charge is -2.21. The predicted octanol–water partition coefficient (Wildman–Crippen LogP) is 2.43. The van der Waals surface area contributed by atoms with Crippen molar-refractivity contribution in [1.29, 1.82) is 0 Å². The predicted molar refractivity (Wildman–Crippen MR) is 63.6 cm³/mol. The van der Waals surface area contributed by atoms with Gasteiger partial charge in [-0.05, 0) is 50.2 Å². The van der Waals surface area contributed by atoms with E-state index in [1.807, 2.05) is 0 Å². The van der Waals surface area contributed by atoms with Crippen LogP contribution < -0.4 is 5.32 Å². The summed E-state index contributed by atoms with van der Waals surface area (Å²) in [5.41, 5.74) is 0.628. The third-order valence-corrected chi connectivity index (χ3v) is 2.84. The van der Waals surface area contributed by atoms with Gasteiger partial charge in [-0.15, -0.1) is 12.4 Å². The monoisotopic (exact) mass is 243 g/mol. The lowest BCUT2D eigenvalue weighted by Crippen LogP contribution is -2.31. The molecule has 2 nitrogen and oxygen atoms in total. The highest BCUT2D eigenvalue weighted by molar-refractivity contribution is 5.97. The molecule has 88 valence electrons. The van der Waals surface area contributed by atoms with Gasteiger partial charge in [0.25, 0.3) is 0 Å². The highest BCUT2D eigenvalue weighted by Crippen LogP contribution is 2.18. The van der Waals surface area contributed by atoms with Crippen LogP contribution in [0.1, 0.15) is 23.2 Å². The van der Waals surface area contributed by atoms with Gasteiger partial charge in [-0.2, -0.15) is 0 Å². The molecule has 2 rings (SSSR count). The van der Waals surface area contributed by atoms with E-state index in [4.69, 9.17) is 0 Å². The lowest BCUT2D eigenvalue weighted by molar-refractivity contribution is 0.0895. The largest absolute Gasteiger partial charge is 0.317 e. The SMILES string of the molecule is Cl.O=C(c1ccc(F)cc1)C1CCNCC1. The second kappa shape index (κ2) is 5.97. The summed E-state index contributed by atoms with van der Waals surface area (Å²) in [6, 6.07) is 5.82. The van der Waals surface area contributed by atoms with Gasteiger partial charge in [-0.1, -0.05) is 0 Å². The summed E-state index contributed by atoms with van der Waals surface area (Å²) in [5.74, 6) is -0.0370. The maximum Gasteiger partial charge on any atom is 0.166 e. The molecule has 1 aliphatic rings. The molecular formula is C12H15ClFNO. The molecule has 1 N–H and O–H groups in total. The van der Waals surface area contributed by atoms with Crippen molar-refractivity contribution in [3.63, 3.8) is 0 Å². The number of hydrogen-bond donors (Lipinski definition) is 1. The van der Waals surface area contributed by atoms with Gasteiger partial charge in [0, 0.05) is 11.5 Å². The molecule has 0 atom stereocenters. The molecule has 0 aliphatic carbocycles. The van der Waals surface area contributed by atoms with Gasteiger partial charge in [-0.3, -0.25) is 4.79 Å². The molecule has 1 aromatic rings. The third-order valence-electron chi connectivity index (χ3n) is 2.84. The van der Waals surface area contributed by atoms with E-state index in [-0.39, 0.29) is 29.9 Å². The van der Waals surface area contributed by atoms with Crippen LogP contribution in [0.2, 0.25) is 0 Å². The fourth-order valence-corrected chi connectivity index (χ4v) is 1.93. The number of Topliss-reactive ketones (excluding diaryl/α,β-unsaturated/α-hetero) is 1. The van der Waals surface area contributed by atoms with Crippen molar-refractivity contribution in [2.75, 3.05) is 13.1 Å². The molecule has 1 aromatic carbocycles. The molecule has 1 fully saturated rings. The normalized spacial score (nSPS) is 16.6. The average molecular weight is 244 g/mol. The first-order valence-electron chi connectivity index (χ1n) is 5.28. The van der Waals surface area contributed by atoms with Crippen molar-refractivity contribution in [3.05, 3.63) is 35.6 Å². The van der Waals surface area contributed by atoms with E-state index >= 15 is 0 Å². The van der Waals surface area contributed by atoms with E-state index in [1.54, 1.807) is 12.1 Å². The van der Waals surface area contributed by atoms with Gasteiger partial charge < -0.3 is 5.32 Å². The van der Waals surface area contributed by atoms with Crippen LogP contribution in [-0.4, -0.2) is 18.9 Å². The lowest BCUT2D eigenvalue weighted by atomic mass is 9.90. The molecule has 1 aliphatic heterocycles. The minimum absolute atomic E-state index is 0. The highest BCUT2D eigenvalue weighted by atomic mass is 35.5. The van der Waals surface area contributed by atoms with E-state index in [0.29, 0.717) is 5.56 Å². The van der Waals surface area contributed by atoms with E-state index < -0.39 is 0 Å². The zero-order valence-corrected chi connectivity index (χ0v) is 9.73. The van der Waals surface area contributed by atoms with Crippen LogP contribution in [0.15, 0.2) is 24.3 Å². The van der Waals surface area contributed by atoms with Gasteiger partial charge >= 0.3 is 0 Å². The molecule has 16 heavy (non-hydrogen) atoms. The summed E-state index contributed by atoms with van der Waals surface area (Å²) in [6.45, 7) is 1.80. The first-order chi connectivity index (χ1) is 7.27. The zero-order chi connectivity index (χ0) is 10.7. The zero-order valence-electron chi connectivity index (χ0n) is 8.91. The second-order valence-electron chi connectivity index (χ2n) is 3.90. The van der Waals surface area contributed by atoms with Crippen LogP contribution in [0.5, 0.6) is 0 Å². The first-order valence-corrected chi connectivity index (χ1v) is 5.28. The van der Waals surface area contributed by atoms with Crippen LogP contribution in [0.25, 0.3) is 0 Å². The summed E-state index contributed by atoms with van der Waals surface area (Å²) in [7, 11) is 0. The van der Waals surface area contributed by atoms with E-state index in [9.17, 15) is 9.18 Å². The summed E-state index contributed by atoms with van der Waals surface area (Å²) in [4.78, 5) is 12.0. The fourth-order valence-electron chi connectivity index (χ4n) is 1.93. The molecule has 0 aromatic heterocycles. The summed E-state index contributed by atoms with van der Waals surface area (Å²) < 4.78 is 12.7. The Labute approximate surface area is 101 Å². The number of ketones is 1. The number of benzene rings is 1. The van der Waals surface area contributed by atoms with E-state index in [2.05, 4.69) is 5.32 Å². The minimum atomic E-state index is -0.295. The van der Waals surface area contributed by atoms with Crippen LogP contribution in [-0.2, 0) is 0 Å². The molecule has 0 bridgehead atoms. The Bertz CT molecular complexity index is 347. The number of halogens is 2. The van der Waals surface area contributed by atoms with E-state index in [0.717, 1.165) is 25.9 Å². The van der Waals surface area contributed by atoms with Crippen molar-refractivity contribution < 1.29 is 9.18 Å². The molecule has 1 saturated heterocycles. The van der Waals surface area contributed by atoms with Crippen molar-refractivity contribution in [1.82, 2.24) is 5.32 Å². The highest BCUT2D eigenvalue weighted by Gasteiger charge is 2.21. The summed E-state index contributed by atoms with van der Waals surface area (Å²) in [5, 5.41) is 3.22. The maximum atomic E-state index is 12.7. The van der Waals surface area contributed by atoms with E-state index in [1.165, 1.54) is 12.1 Å². The third kappa shape index (κ3) is 3.03. The Morgan fingerprint density at radius 2 is 1.75 bits per heavy atom. The summed E-state index contributed by atoms with van der Waals surface area (Å²) >= 11 is 0. The number of carbonyl (C=O) groups is 1. The molecule has 0 amide bonds. The van der Waals surface area contributed by atoms with Crippen molar-refractivity contribution in [3.8, 4) is 0 Å². The molecule has 0 unspecified atom stereocenters. The number of carbonyl (C=O) groups excluding carboxylic acids is 1. The van der Waals surface area contributed by atoms with Gasteiger partial charge in [0.2, 0.25) is 0 Å². The Balaban J connectivity index is 0.00000128. The number of rotatable bonds is 2. The average Bonchev–Trinajstić information content (AvgIpc) is 2.30. The Hall–Kier alpha value is -0.930. The van der Waals surface area contributed by atoms with Crippen molar-refractivity contribution >= 4 is 18.2 Å². The Morgan fingerprint density at radius 3 is 2.31 bits per heavy atom. The molecule has 1 heterocycles. The van der Waals surface area contributed by atoms with Crippen LogP contribution >= 0.6 is 12.4 Å². The fraction of sp³-hybridized carbons (Fsp3) is 0.417. The summed E-state index contributed by atoms with van der Waals surface area (Å²) in [6.07, 6.45) is 1.77. The number of hydrogen-bond acceptors (Lipinski definition) is 2. The quantitative estimate of drug-likeness (QED) is 0.809. The molecule has 0 spiro atoms. The molecule has 4 heteroatoms.